The van der Waals surface area contributed by atoms with Crippen LogP contribution in [0, 0.1) is 11.3 Å². The van der Waals surface area contributed by atoms with Crippen molar-refractivity contribution in [3.63, 3.8) is 0 Å². The van der Waals surface area contributed by atoms with E-state index in [2.05, 4.69) is 13.8 Å². The minimum atomic E-state index is -0.849. The van der Waals surface area contributed by atoms with Crippen LogP contribution in [-0.4, -0.2) is 22.8 Å². The lowest BCUT2D eigenvalue weighted by Gasteiger charge is -2.45. The van der Waals surface area contributed by atoms with Gasteiger partial charge in [0.15, 0.2) is 0 Å². The summed E-state index contributed by atoms with van der Waals surface area (Å²) in [7, 11) is 0. The molecule has 0 unspecified atom stereocenters. The zero-order valence-corrected chi connectivity index (χ0v) is 9.04. The number of fused-ring (bicyclic) bond motifs is 1. The van der Waals surface area contributed by atoms with Crippen LogP contribution in [0.3, 0.4) is 0 Å². The third-order valence-corrected chi connectivity index (χ3v) is 3.38. The summed E-state index contributed by atoms with van der Waals surface area (Å²) in [6, 6.07) is 0. The molecule has 1 heterocycles. The van der Waals surface area contributed by atoms with E-state index in [0.29, 0.717) is 12.8 Å². The number of rotatable bonds is 0. The highest BCUT2D eigenvalue weighted by atomic mass is 16.6. The smallest absolute Gasteiger partial charge is 0.306 e. The number of hydrogen-bond donors (Lipinski definition) is 1. The largest absolute Gasteiger partial charge is 0.459 e. The maximum Gasteiger partial charge on any atom is 0.306 e. The van der Waals surface area contributed by atoms with E-state index < -0.39 is 5.60 Å². The average molecular weight is 198 g/mol. The van der Waals surface area contributed by atoms with Gasteiger partial charge in [-0.3, -0.25) is 4.79 Å². The van der Waals surface area contributed by atoms with Gasteiger partial charge >= 0.3 is 5.97 Å². The summed E-state index contributed by atoms with van der Waals surface area (Å²) in [5.41, 5.74) is -0.739. The highest BCUT2D eigenvalue weighted by Gasteiger charge is 2.53. The maximum absolute atomic E-state index is 11.2. The number of carbonyl (C=O) groups is 1. The lowest BCUT2D eigenvalue weighted by molar-refractivity contribution is -0.164. The molecular weight excluding hydrogens is 180 g/mol. The van der Waals surface area contributed by atoms with Gasteiger partial charge < -0.3 is 9.84 Å². The van der Waals surface area contributed by atoms with Crippen LogP contribution in [0.2, 0.25) is 0 Å². The first kappa shape index (κ1) is 9.97. The summed E-state index contributed by atoms with van der Waals surface area (Å²) in [6.07, 6.45) is 1.88. The lowest BCUT2D eigenvalue weighted by atomic mass is 9.64. The van der Waals surface area contributed by atoms with Crippen molar-refractivity contribution in [2.45, 2.75) is 51.7 Å². The molecule has 3 nitrogen and oxygen atoms in total. The molecule has 1 N–H and O–H groups in total. The second kappa shape index (κ2) is 2.72. The Morgan fingerprint density at radius 1 is 1.43 bits per heavy atom. The summed E-state index contributed by atoms with van der Waals surface area (Å²) in [5, 5.41) is 10.2. The van der Waals surface area contributed by atoms with Gasteiger partial charge in [0.25, 0.3) is 0 Å². The van der Waals surface area contributed by atoms with Gasteiger partial charge in [-0.15, -0.1) is 0 Å². The number of hydrogen-bond acceptors (Lipinski definition) is 3. The fraction of sp³-hybridized carbons (Fsp3) is 0.909. The van der Waals surface area contributed by atoms with Crippen LogP contribution in [-0.2, 0) is 9.53 Å². The van der Waals surface area contributed by atoms with E-state index in [1.54, 1.807) is 6.92 Å². The van der Waals surface area contributed by atoms with Crippen LogP contribution in [0.4, 0.5) is 0 Å². The first-order chi connectivity index (χ1) is 6.30. The van der Waals surface area contributed by atoms with Crippen LogP contribution < -0.4 is 0 Å². The minimum Gasteiger partial charge on any atom is -0.459 e. The molecule has 2 aliphatic rings. The summed E-state index contributed by atoms with van der Waals surface area (Å²) in [6.45, 7) is 6.06. The molecule has 80 valence electrons. The van der Waals surface area contributed by atoms with Crippen molar-refractivity contribution in [2.24, 2.45) is 11.3 Å². The van der Waals surface area contributed by atoms with Crippen molar-refractivity contribution in [2.75, 3.05) is 0 Å². The van der Waals surface area contributed by atoms with Gasteiger partial charge in [0.2, 0.25) is 0 Å². The van der Waals surface area contributed by atoms with Gasteiger partial charge in [-0.1, -0.05) is 13.8 Å². The number of carbonyl (C=O) groups excluding carboxylic acids is 1. The molecule has 1 aliphatic heterocycles. The third-order valence-electron chi connectivity index (χ3n) is 3.38. The molecule has 2 fully saturated rings. The van der Waals surface area contributed by atoms with Gasteiger partial charge in [-0.05, 0) is 25.2 Å². The first-order valence-corrected chi connectivity index (χ1v) is 5.22. The molecule has 0 aromatic rings. The van der Waals surface area contributed by atoms with E-state index in [-0.39, 0.29) is 23.4 Å². The van der Waals surface area contributed by atoms with Crippen LogP contribution in [0.25, 0.3) is 0 Å². The zero-order chi connectivity index (χ0) is 10.6. The number of ether oxygens (including phenoxy) is 1. The second-order valence-electron chi connectivity index (χ2n) is 5.78. The van der Waals surface area contributed by atoms with Crippen molar-refractivity contribution >= 4 is 5.97 Å². The molecule has 0 amide bonds. The monoisotopic (exact) mass is 198 g/mol. The molecule has 0 aromatic carbocycles. The summed E-state index contributed by atoms with van der Waals surface area (Å²) >= 11 is 0. The van der Waals surface area contributed by atoms with Crippen molar-refractivity contribution in [1.29, 1.82) is 0 Å². The Balaban J connectivity index is 2.25. The Kier molecular flexibility index (Phi) is 1.94. The van der Waals surface area contributed by atoms with Gasteiger partial charge in [0.1, 0.15) is 6.10 Å². The SMILES string of the molecule is CC1(C)C[C@H]2CC(=O)O[C@H]2[C@](C)(O)C1. The lowest BCUT2D eigenvalue weighted by Crippen LogP contribution is -2.51. The Hall–Kier alpha value is -0.570. The van der Waals surface area contributed by atoms with Gasteiger partial charge in [-0.2, -0.15) is 0 Å². The van der Waals surface area contributed by atoms with Crippen molar-refractivity contribution in [3.05, 3.63) is 0 Å². The Morgan fingerprint density at radius 3 is 2.71 bits per heavy atom. The van der Waals surface area contributed by atoms with Crippen molar-refractivity contribution in [3.8, 4) is 0 Å². The van der Waals surface area contributed by atoms with Crippen LogP contribution in [0.1, 0.15) is 40.0 Å². The van der Waals surface area contributed by atoms with Gasteiger partial charge in [0, 0.05) is 5.92 Å². The van der Waals surface area contributed by atoms with Crippen molar-refractivity contribution < 1.29 is 14.6 Å². The highest BCUT2D eigenvalue weighted by Crippen LogP contribution is 2.48. The molecule has 0 spiro atoms. The van der Waals surface area contributed by atoms with Gasteiger partial charge in [-0.25, -0.2) is 0 Å². The van der Waals surface area contributed by atoms with Gasteiger partial charge in [0.05, 0.1) is 12.0 Å². The molecular formula is C11H18O3. The molecule has 0 aromatic heterocycles. The summed E-state index contributed by atoms with van der Waals surface area (Å²) in [5.74, 6) is 0.0548. The fourth-order valence-corrected chi connectivity index (χ4v) is 3.27. The average Bonchev–Trinajstić information content (AvgIpc) is 2.25. The van der Waals surface area contributed by atoms with E-state index in [4.69, 9.17) is 4.74 Å². The minimum absolute atomic E-state index is 0.110. The summed E-state index contributed by atoms with van der Waals surface area (Å²) in [4.78, 5) is 11.2. The first-order valence-electron chi connectivity index (χ1n) is 5.22. The fourth-order valence-electron chi connectivity index (χ4n) is 3.27. The van der Waals surface area contributed by atoms with E-state index >= 15 is 0 Å². The third kappa shape index (κ3) is 1.54. The molecule has 0 radical (unpaired) electrons. The maximum atomic E-state index is 11.2. The predicted molar refractivity (Wildman–Crippen MR) is 51.6 cm³/mol. The Bertz CT molecular complexity index is 268. The standard InChI is InChI=1S/C11H18O3/c1-10(2)5-7-4-8(12)14-9(7)11(3,13)6-10/h7,9,13H,4-6H2,1-3H3/t7-,9-,11-/m1/s1. The second-order valence-corrected chi connectivity index (χ2v) is 5.78. The Labute approximate surface area is 84.4 Å². The quantitative estimate of drug-likeness (QED) is 0.600. The molecule has 1 aliphatic carbocycles. The predicted octanol–water partition coefficient (Wildman–Crippen LogP) is 1.49. The molecule has 14 heavy (non-hydrogen) atoms. The van der Waals surface area contributed by atoms with E-state index in [1.165, 1.54) is 0 Å². The van der Waals surface area contributed by atoms with Crippen LogP contribution >= 0.6 is 0 Å². The van der Waals surface area contributed by atoms with Crippen LogP contribution in [0.5, 0.6) is 0 Å². The molecule has 3 heteroatoms. The van der Waals surface area contributed by atoms with E-state index in [0.717, 1.165) is 6.42 Å². The van der Waals surface area contributed by atoms with Crippen LogP contribution in [0.15, 0.2) is 0 Å². The molecule has 0 bridgehead atoms. The zero-order valence-electron chi connectivity index (χ0n) is 9.04. The summed E-state index contributed by atoms with van der Waals surface area (Å²) < 4.78 is 5.18. The number of aliphatic hydroxyl groups is 1. The highest BCUT2D eigenvalue weighted by molar-refractivity contribution is 5.72. The topological polar surface area (TPSA) is 46.5 Å². The normalized spacial score (nSPS) is 45.9. The molecule has 1 saturated heterocycles. The number of esters is 1. The Morgan fingerprint density at radius 2 is 2.07 bits per heavy atom. The van der Waals surface area contributed by atoms with Crippen molar-refractivity contribution in [1.82, 2.24) is 0 Å². The molecule has 1 saturated carbocycles. The molecule has 2 rings (SSSR count). The van der Waals surface area contributed by atoms with E-state index in [9.17, 15) is 9.90 Å². The molecule has 3 atom stereocenters. The van der Waals surface area contributed by atoms with E-state index in [1.807, 2.05) is 0 Å².